The van der Waals surface area contributed by atoms with Crippen molar-refractivity contribution in [1.29, 1.82) is 5.26 Å². The number of H-pyrrole nitrogens is 1. The Balaban J connectivity index is 2.10. The molecule has 0 fully saturated rings. The average Bonchev–Trinajstić information content (AvgIpc) is 3.07. The summed E-state index contributed by atoms with van der Waals surface area (Å²) in [4.78, 5) is 11.6. The molecule has 7 heteroatoms. The van der Waals surface area contributed by atoms with Gasteiger partial charge in [0.2, 0.25) is 0 Å². The molecule has 1 aliphatic heterocycles. The summed E-state index contributed by atoms with van der Waals surface area (Å²) in [6.45, 7) is 2.01. The zero-order valence-electron chi connectivity index (χ0n) is 13.4. The summed E-state index contributed by atoms with van der Waals surface area (Å²) in [5.74, 6) is -0.265. The van der Waals surface area contributed by atoms with Gasteiger partial charge in [-0.1, -0.05) is 29.8 Å². The number of nitrogens with one attached hydrogen (secondary N) is 2. The number of fused-ring (bicyclic) bond motifs is 1. The van der Waals surface area contributed by atoms with Crippen LogP contribution in [0.1, 0.15) is 24.0 Å². The highest BCUT2D eigenvalue weighted by molar-refractivity contribution is 6.31. The maximum atomic E-state index is 11.6. The summed E-state index contributed by atoms with van der Waals surface area (Å²) in [6.07, 6.45) is 4.54. The summed E-state index contributed by atoms with van der Waals surface area (Å²) >= 11 is 6.35. The summed E-state index contributed by atoms with van der Waals surface area (Å²) in [5, 5.41) is 20.3. The Hall–Kier alpha value is -3.04. The van der Waals surface area contributed by atoms with E-state index in [0.29, 0.717) is 22.1 Å². The highest BCUT2D eigenvalue weighted by Gasteiger charge is 2.31. The molecule has 25 heavy (non-hydrogen) atoms. The Bertz CT molecular complexity index is 908. The number of hydrogen-bond donors (Lipinski definition) is 2. The number of esters is 1. The minimum Gasteiger partial charge on any atom is -0.463 e. The van der Waals surface area contributed by atoms with Crippen molar-refractivity contribution in [2.75, 3.05) is 11.9 Å². The zero-order valence-corrected chi connectivity index (χ0v) is 14.2. The van der Waals surface area contributed by atoms with Crippen LogP contribution in [-0.4, -0.2) is 22.8 Å². The maximum Gasteiger partial charge on any atom is 0.330 e. The molecule has 2 N–H and O–H groups in total. The number of nitriles is 1. The topological polar surface area (TPSA) is 90.8 Å². The summed E-state index contributed by atoms with van der Waals surface area (Å²) in [5.41, 5.74) is 2.55. The molecule has 1 unspecified atom stereocenters. The highest BCUT2D eigenvalue weighted by atomic mass is 35.5. The first-order valence-corrected chi connectivity index (χ1v) is 8.07. The van der Waals surface area contributed by atoms with Gasteiger partial charge >= 0.3 is 5.97 Å². The van der Waals surface area contributed by atoms with E-state index in [1.165, 1.54) is 12.2 Å². The summed E-state index contributed by atoms with van der Waals surface area (Å²) in [7, 11) is 0. The van der Waals surface area contributed by atoms with Gasteiger partial charge in [-0.05, 0) is 24.6 Å². The van der Waals surface area contributed by atoms with Crippen LogP contribution in [0.3, 0.4) is 0 Å². The highest BCUT2D eigenvalue weighted by Crippen LogP contribution is 2.42. The van der Waals surface area contributed by atoms with Crippen LogP contribution >= 0.6 is 11.6 Å². The molecule has 0 saturated carbocycles. The van der Waals surface area contributed by atoms with E-state index in [1.807, 2.05) is 18.2 Å². The second-order valence-corrected chi connectivity index (χ2v) is 5.70. The molecule has 1 aromatic heterocycles. The number of carbonyl (C=O) groups excluding carboxylic acids is 1. The van der Waals surface area contributed by atoms with Crippen molar-refractivity contribution < 1.29 is 9.53 Å². The minimum absolute atomic E-state index is 0.284. The van der Waals surface area contributed by atoms with E-state index in [4.69, 9.17) is 16.3 Å². The van der Waals surface area contributed by atoms with Crippen LogP contribution in [-0.2, 0) is 9.53 Å². The van der Waals surface area contributed by atoms with Crippen LogP contribution in [0.2, 0.25) is 5.02 Å². The van der Waals surface area contributed by atoms with Gasteiger partial charge in [-0.3, -0.25) is 5.10 Å². The molecule has 1 atom stereocenters. The Morgan fingerprint density at radius 3 is 2.96 bits per heavy atom. The molecule has 0 amide bonds. The Labute approximate surface area is 149 Å². The number of allylic oxidation sites excluding steroid dienone is 2. The number of benzene rings is 1. The van der Waals surface area contributed by atoms with Crippen molar-refractivity contribution in [3.8, 4) is 6.07 Å². The predicted molar refractivity (Wildman–Crippen MR) is 93.9 cm³/mol. The van der Waals surface area contributed by atoms with Crippen LogP contribution in [0.15, 0.2) is 53.9 Å². The molecule has 0 bridgehead atoms. The van der Waals surface area contributed by atoms with Crippen molar-refractivity contribution in [1.82, 2.24) is 10.2 Å². The number of aromatic amines is 1. The second kappa shape index (κ2) is 7.24. The van der Waals surface area contributed by atoms with Crippen LogP contribution in [0.25, 0.3) is 0 Å². The van der Waals surface area contributed by atoms with E-state index in [0.717, 1.165) is 11.1 Å². The largest absolute Gasteiger partial charge is 0.463 e. The Kier molecular flexibility index (Phi) is 4.87. The van der Waals surface area contributed by atoms with Gasteiger partial charge in [0.1, 0.15) is 0 Å². The Morgan fingerprint density at radius 1 is 1.44 bits per heavy atom. The maximum absolute atomic E-state index is 11.6. The predicted octanol–water partition coefficient (Wildman–Crippen LogP) is 3.52. The fraction of sp³-hybridized carbons (Fsp3) is 0.167. The number of rotatable bonds is 4. The second-order valence-electron chi connectivity index (χ2n) is 5.29. The van der Waals surface area contributed by atoms with Gasteiger partial charge in [0.05, 0.1) is 29.9 Å². The third-order valence-corrected chi connectivity index (χ3v) is 4.17. The molecule has 0 spiro atoms. The molecule has 1 aromatic carbocycles. The smallest absolute Gasteiger partial charge is 0.330 e. The first kappa shape index (κ1) is 16.8. The molecule has 2 heterocycles. The fourth-order valence-corrected chi connectivity index (χ4v) is 3.00. The van der Waals surface area contributed by atoms with E-state index in [2.05, 4.69) is 21.6 Å². The minimum atomic E-state index is -0.476. The number of ether oxygens (including phenoxy) is 1. The lowest BCUT2D eigenvalue weighted by molar-refractivity contribution is -0.137. The van der Waals surface area contributed by atoms with Crippen LogP contribution < -0.4 is 5.32 Å². The molecule has 0 radical (unpaired) electrons. The van der Waals surface area contributed by atoms with Crippen LogP contribution in [0.5, 0.6) is 0 Å². The third-order valence-electron chi connectivity index (χ3n) is 3.82. The lowest BCUT2D eigenvalue weighted by Gasteiger charge is -2.25. The van der Waals surface area contributed by atoms with E-state index in [9.17, 15) is 10.1 Å². The first-order valence-electron chi connectivity index (χ1n) is 7.70. The number of aromatic nitrogens is 2. The van der Waals surface area contributed by atoms with E-state index in [-0.39, 0.29) is 12.5 Å². The van der Waals surface area contributed by atoms with Crippen molar-refractivity contribution in [3.05, 3.63) is 70.0 Å². The van der Waals surface area contributed by atoms with E-state index >= 15 is 0 Å². The molecular formula is C18H15ClN4O2. The fourth-order valence-electron chi connectivity index (χ4n) is 2.76. The van der Waals surface area contributed by atoms with Gasteiger partial charge in [0.15, 0.2) is 5.82 Å². The normalized spacial score (nSPS) is 16.3. The van der Waals surface area contributed by atoms with Crippen molar-refractivity contribution in [2.45, 2.75) is 12.8 Å². The third kappa shape index (κ3) is 3.28. The summed E-state index contributed by atoms with van der Waals surface area (Å²) < 4.78 is 4.88. The van der Waals surface area contributed by atoms with E-state index in [1.54, 1.807) is 19.2 Å². The molecule has 1 aliphatic rings. The van der Waals surface area contributed by atoms with Crippen LogP contribution in [0, 0.1) is 11.3 Å². The van der Waals surface area contributed by atoms with Gasteiger partial charge in [-0.25, -0.2) is 4.79 Å². The molecule has 126 valence electrons. The van der Waals surface area contributed by atoms with Crippen molar-refractivity contribution >= 4 is 23.4 Å². The number of nitrogens with zero attached hydrogens (tertiary/aromatic N) is 2. The first-order chi connectivity index (χ1) is 12.2. The van der Waals surface area contributed by atoms with Crippen molar-refractivity contribution in [3.63, 3.8) is 0 Å². The lowest BCUT2D eigenvalue weighted by atomic mass is 9.83. The summed E-state index contributed by atoms with van der Waals surface area (Å²) in [6, 6.07) is 9.58. The molecule has 0 aliphatic carbocycles. The number of halogens is 1. The standard InChI is InChI=1S/C18H15ClN4O2/c1-2-25-16(24)8-7-15-12(9-20)17(11-5-3-4-6-14(11)19)13-10-21-23-18(13)22-15/h3-8,10,17H,2H2,1H3,(H2,21,22,23)/b8-7+. The van der Waals surface area contributed by atoms with Gasteiger partial charge in [-0.15, -0.1) is 0 Å². The van der Waals surface area contributed by atoms with Gasteiger partial charge in [-0.2, -0.15) is 10.4 Å². The lowest BCUT2D eigenvalue weighted by Crippen LogP contribution is -2.17. The SMILES string of the molecule is CCOC(=O)/C=C/C1=C(C#N)C(c2ccccc2Cl)c2c[nH]nc2N1. The number of anilines is 1. The van der Waals surface area contributed by atoms with Gasteiger partial charge < -0.3 is 10.1 Å². The average molecular weight is 355 g/mol. The van der Waals surface area contributed by atoms with Gasteiger partial charge in [0, 0.05) is 22.9 Å². The monoisotopic (exact) mass is 354 g/mol. The Morgan fingerprint density at radius 2 is 2.24 bits per heavy atom. The molecule has 3 rings (SSSR count). The van der Waals surface area contributed by atoms with Crippen LogP contribution in [0.4, 0.5) is 5.82 Å². The zero-order chi connectivity index (χ0) is 17.8. The molecule has 6 nitrogen and oxygen atoms in total. The number of carbonyl (C=O) groups is 1. The molecular weight excluding hydrogens is 340 g/mol. The van der Waals surface area contributed by atoms with E-state index < -0.39 is 5.97 Å². The van der Waals surface area contributed by atoms with Gasteiger partial charge in [0.25, 0.3) is 0 Å². The number of hydrogen-bond acceptors (Lipinski definition) is 5. The molecule has 0 saturated heterocycles. The molecule has 2 aromatic rings. The quantitative estimate of drug-likeness (QED) is 0.647. The van der Waals surface area contributed by atoms with Crippen molar-refractivity contribution in [2.24, 2.45) is 0 Å².